The van der Waals surface area contributed by atoms with Crippen molar-refractivity contribution in [2.75, 3.05) is 33.3 Å². The second kappa shape index (κ2) is 10.9. The number of hydrogen-bond acceptors (Lipinski definition) is 6. The van der Waals surface area contributed by atoms with Gasteiger partial charge < -0.3 is 9.64 Å². The van der Waals surface area contributed by atoms with Crippen molar-refractivity contribution in [2.24, 2.45) is 0 Å². The van der Waals surface area contributed by atoms with Gasteiger partial charge >= 0.3 is 0 Å². The van der Waals surface area contributed by atoms with Crippen molar-refractivity contribution >= 4 is 26.6 Å². The van der Waals surface area contributed by atoms with Crippen molar-refractivity contribution in [3.63, 3.8) is 0 Å². The van der Waals surface area contributed by atoms with Crippen LogP contribution in [-0.2, 0) is 15.6 Å². The number of carbonyl (C=O) groups is 1. The number of methoxy groups -OCH3 is 1. The van der Waals surface area contributed by atoms with E-state index in [0.717, 1.165) is 18.5 Å². The Morgan fingerprint density at radius 2 is 1.68 bits per heavy atom. The fraction of sp³-hybridized carbons (Fsp3) is 0.267. The van der Waals surface area contributed by atoms with E-state index in [4.69, 9.17) is 4.74 Å². The maximum Gasteiger partial charge on any atom is 0.254 e. The van der Waals surface area contributed by atoms with Crippen molar-refractivity contribution in [3.05, 3.63) is 102 Å². The molecular formula is C30H31N3O4S. The number of fused-ring (bicyclic) bond motifs is 1. The van der Waals surface area contributed by atoms with Crippen LogP contribution in [0.1, 0.15) is 34.5 Å². The van der Waals surface area contributed by atoms with Gasteiger partial charge in [0.05, 0.1) is 23.3 Å². The molecule has 1 atom stereocenters. The average Bonchev–Trinajstić information content (AvgIpc) is 2.96. The van der Waals surface area contributed by atoms with Gasteiger partial charge in [0.2, 0.25) is 0 Å². The molecule has 0 N–H and O–H groups in total. The molecular weight excluding hydrogens is 498 g/mol. The van der Waals surface area contributed by atoms with Crippen LogP contribution in [0.15, 0.2) is 90.0 Å². The third-order valence-corrected chi connectivity index (χ3v) is 8.93. The number of piperazine rings is 1. The number of hydrogen-bond donors (Lipinski definition) is 0. The Labute approximate surface area is 223 Å². The van der Waals surface area contributed by atoms with Crippen LogP contribution < -0.4 is 4.74 Å². The van der Waals surface area contributed by atoms with Gasteiger partial charge in [0, 0.05) is 54.9 Å². The molecule has 2 heterocycles. The number of para-hydroxylation sites is 1. The van der Waals surface area contributed by atoms with Gasteiger partial charge in [0.25, 0.3) is 5.91 Å². The van der Waals surface area contributed by atoms with Crippen molar-refractivity contribution < 1.29 is 17.9 Å². The maximum atomic E-state index is 13.4. The first-order chi connectivity index (χ1) is 18.4. The van der Waals surface area contributed by atoms with E-state index in [1.807, 2.05) is 35.2 Å². The van der Waals surface area contributed by atoms with Crippen LogP contribution in [0.5, 0.6) is 5.75 Å². The van der Waals surface area contributed by atoms with E-state index in [1.54, 1.807) is 42.6 Å². The molecule has 1 aliphatic heterocycles. The van der Waals surface area contributed by atoms with Crippen molar-refractivity contribution in [2.45, 2.75) is 23.6 Å². The van der Waals surface area contributed by atoms with Gasteiger partial charge in [0.1, 0.15) is 5.75 Å². The minimum absolute atomic E-state index is 0.0806. The Kier molecular flexibility index (Phi) is 7.44. The Bertz CT molecular complexity index is 1540. The fourth-order valence-electron chi connectivity index (χ4n) is 5.04. The molecule has 3 aromatic carbocycles. The third-order valence-electron chi connectivity index (χ3n) is 7.24. The molecule has 1 aromatic heterocycles. The molecule has 1 amide bonds. The lowest BCUT2D eigenvalue weighted by atomic mass is 10.1. The second-order valence-corrected chi connectivity index (χ2v) is 11.5. The molecule has 38 heavy (non-hydrogen) atoms. The molecule has 4 aromatic rings. The zero-order valence-corrected chi connectivity index (χ0v) is 22.4. The van der Waals surface area contributed by atoms with Crippen LogP contribution >= 0.6 is 0 Å². The molecule has 1 saturated heterocycles. The van der Waals surface area contributed by atoms with Gasteiger partial charge in [-0.2, -0.15) is 0 Å². The van der Waals surface area contributed by atoms with Crippen molar-refractivity contribution in [1.29, 1.82) is 0 Å². The van der Waals surface area contributed by atoms with Crippen LogP contribution in [0.4, 0.5) is 0 Å². The Morgan fingerprint density at radius 1 is 0.947 bits per heavy atom. The minimum atomic E-state index is -3.71. The first-order valence-corrected chi connectivity index (χ1v) is 14.3. The smallest absolute Gasteiger partial charge is 0.254 e. The number of aromatic nitrogens is 1. The van der Waals surface area contributed by atoms with Gasteiger partial charge in [-0.05, 0) is 36.8 Å². The SMILES string of the molecule is COc1cc(C(=O)N2CCN(C(C)c3ccccc3)CC2)ccc1CS(=O)(=O)c1cccc2cccnc12. The highest BCUT2D eigenvalue weighted by molar-refractivity contribution is 7.90. The lowest BCUT2D eigenvalue weighted by Gasteiger charge is -2.38. The number of amides is 1. The monoisotopic (exact) mass is 529 g/mol. The topological polar surface area (TPSA) is 79.8 Å². The first kappa shape index (κ1) is 25.9. The summed E-state index contributed by atoms with van der Waals surface area (Å²) in [6.07, 6.45) is 1.59. The van der Waals surface area contributed by atoms with Crippen LogP contribution in [0.25, 0.3) is 10.9 Å². The Morgan fingerprint density at radius 3 is 2.42 bits per heavy atom. The Hall–Kier alpha value is -3.75. The molecule has 0 bridgehead atoms. The summed E-state index contributed by atoms with van der Waals surface area (Å²) in [5.74, 6) is 0.0445. The lowest BCUT2D eigenvalue weighted by molar-refractivity contribution is 0.0582. The van der Waals surface area contributed by atoms with E-state index in [0.29, 0.717) is 35.5 Å². The van der Waals surface area contributed by atoms with Gasteiger partial charge in [-0.15, -0.1) is 0 Å². The van der Waals surface area contributed by atoms with Crippen molar-refractivity contribution in [3.8, 4) is 5.75 Å². The summed E-state index contributed by atoms with van der Waals surface area (Å²) < 4.78 is 32.3. The Balaban J connectivity index is 1.30. The second-order valence-electron chi connectivity index (χ2n) is 9.53. The zero-order chi connectivity index (χ0) is 26.7. The number of nitrogens with zero attached hydrogens (tertiary/aromatic N) is 3. The van der Waals surface area contributed by atoms with E-state index in [-0.39, 0.29) is 22.6 Å². The number of pyridine rings is 1. The summed E-state index contributed by atoms with van der Waals surface area (Å²) in [7, 11) is -2.22. The molecule has 0 saturated carbocycles. The minimum Gasteiger partial charge on any atom is -0.496 e. The summed E-state index contributed by atoms with van der Waals surface area (Å²) in [5, 5.41) is 0.764. The highest BCUT2D eigenvalue weighted by Gasteiger charge is 2.27. The third kappa shape index (κ3) is 5.28. The highest BCUT2D eigenvalue weighted by Crippen LogP contribution is 2.29. The molecule has 196 valence electrons. The van der Waals surface area contributed by atoms with Crippen molar-refractivity contribution in [1.82, 2.24) is 14.8 Å². The molecule has 1 aliphatic rings. The van der Waals surface area contributed by atoms with Gasteiger partial charge in [-0.3, -0.25) is 14.7 Å². The fourth-order valence-corrected chi connectivity index (χ4v) is 6.60. The van der Waals surface area contributed by atoms with Crippen LogP contribution in [-0.4, -0.2) is 62.4 Å². The van der Waals surface area contributed by atoms with Crippen LogP contribution in [0.3, 0.4) is 0 Å². The predicted molar refractivity (Wildman–Crippen MR) is 148 cm³/mol. The normalized spacial score (nSPS) is 15.4. The number of ether oxygens (including phenoxy) is 1. The predicted octanol–water partition coefficient (Wildman–Crippen LogP) is 4.74. The molecule has 7 nitrogen and oxygen atoms in total. The molecule has 8 heteroatoms. The molecule has 1 fully saturated rings. The zero-order valence-electron chi connectivity index (χ0n) is 21.6. The highest BCUT2D eigenvalue weighted by atomic mass is 32.2. The number of sulfone groups is 1. The number of benzene rings is 3. The molecule has 0 radical (unpaired) electrons. The summed E-state index contributed by atoms with van der Waals surface area (Å²) in [5.41, 5.74) is 2.70. The summed E-state index contributed by atoms with van der Waals surface area (Å²) >= 11 is 0. The van der Waals surface area contributed by atoms with Crippen LogP contribution in [0, 0.1) is 0 Å². The molecule has 1 unspecified atom stereocenters. The number of rotatable bonds is 7. The van der Waals surface area contributed by atoms with E-state index in [2.05, 4.69) is 28.9 Å². The molecule has 5 rings (SSSR count). The average molecular weight is 530 g/mol. The molecule has 0 aliphatic carbocycles. The first-order valence-electron chi connectivity index (χ1n) is 12.7. The van der Waals surface area contributed by atoms with E-state index in [1.165, 1.54) is 12.7 Å². The van der Waals surface area contributed by atoms with E-state index >= 15 is 0 Å². The van der Waals surface area contributed by atoms with Crippen LogP contribution in [0.2, 0.25) is 0 Å². The summed E-state index contributed by atoms with van der Waals surface area (Å²) in [6, 6.07) is 24.4. The largest absolute Gasteiger partial charge is 0.496 e. The van der Waals surface area contributed by atoms with E-state index in [9.17, 15) is 13.2 Å². The summed E-state index contributed by atoms with van der Waals surface area (Å²) in [6.45, 7) is 5.02. The van der Waals surface area contributed by atoms with Gasteiger partial charge in [-0.25, -0.2) is 8.42 Å². The summed E-state index contributed by atoms with van der Waals surface area (Å²) in [4.78, 5) is 22.0. The van der Waals surface area contributed by atoms with Gasteiger partial charge in [-0.1, -0.05) is 54.6 Å². The quantitative estimate of drug-likeness (QED) is 0.344. The maximum absolute atomic E-state index is 13.4. The van der Waals surface area contributed by atoms with E-state index < -0.39 is 9.84 Å². The lowest BCUT2D eigenvalue weighted by Crippen LogP contribution is -2.49. The molecule has 0 spiro atoms. The standard InChI is InChI=1S/C30H31N3O4S/c1-22(23-8-4-3-5-9-23)32-16-18-33(19-17-32)30(34)25-13-14-26(27(20-25)37-2)21-38(35,36)28-12-6-10-24-11-7-15-31-29(24)28/h3-15,20,22H,16-19,21H2,1-2H3. The van der Waals surface area contributed by atoms with Gasteiger partial charge in [0.15, 0.2) is 9.84 Å². The number of carbonyl (C=O) groups excluding carboxylic acids is 1.